The molecule has 1 aromatic rings. The fourth-order valence-electron chi connectivity index (χ4n) is 2.50. The molecule has 21 heavy (non-hydrogen) atoms. The Balaban J connectivity index is 2.22. The van der Waals surface area contributed by atoms with Crippen molar-refractivity contribution in [2.75, 3.05) is 11.4 Å². The lowest BCUT2D eigenvalue weighted by atomic mass is 10.1. The van der Waals surface area contributed by atoms with Gasteiger partial charge in [-0.1, -0.05) is 0 Å². The van der Waals surface area contributed by atoms with E-state index in [4.69, 9.17) is 0 Å². The number of halogens is 1. The molecule has 118 valence electrons. The molecule has 1 N–H and O–H groups in total. The van der Waals surface area contributed by atoms with Crippen molar-refractivity contribution < 1.29 is 4.39 Å². The monoisotopic (exact) mass is 292 g/mol. The third-order valence-corrected chi connectivity index (χ3v) is 3.94. The van der Waals surface area contributed by atoms with Crippen LogP contribution in [-0.2, 0) is 6.54 Å². The van der Waals surface area contributed by atoms with Gasteiger partial charge in [0.15, 0.2) is 0 Å². The van der Waals surface area contributed by atoms with Crippen LogP contribution in [0.15, 0.2) is 18.2 Å². The van der Waals surface area contributed by atoms with E-state index in [9.17, 15) is 4.39 Å². The normalized spacial score (nSPS) is 15.6. The fourth-order valence-corrected chi connectivity index (χ4v) is 2.50. The van der Waals surface area contributed by atoms with E-state index in [1.807, 2.05) is 6.07 Å². The van der Waals surface area contributed by atoms with Crippen molar-refractivity contribution in [3.8, 4) is 0 Å². The largest absolute Gasteiger partial charge is 0.369 e. The number of benzene rings is 1. The molecule has 3 heteroatoms. The maximum Gasteiger partial charge on any atom is 0.123 e. The van der Waals surface area contributed by atoms with Crippen LogP contribution in [0.2, 0.25) is 0 Å². The van der Waals surface area contributed by atoms with Crippen LogP contribution in [0.25, 0.3) is 0 Å². The minimum atomic E-state index is -0.153. The van der Waals surface area contributed by atoms with E-state index in [0.29, 0.717) is 12.6 Å². The second-order valence-corrected chi connectivity index (χ2v) is 7.57. The average Bonchev–Trinajstić information content (AvgIpc) is 3.17. The zero-order valence-corrected chi connectivity index (χ0v) is 14.0. The molecule has 0 unspecified atom stereocenters. The van der Waals surface area contributed by atoms with Crippen LogP contribution in [-0.4, -0.2) is 18.1 Å². The first kappa shape index (κ1) is 16.3. The van der Waals surface area contributed by atoms with E-state index in [2.05, 4.69) is 44.8 Å². The van der Waals surface area contributed by atoms with Crippen molar-refractivity contribution in [1.82, 2.24) is 5.32 Å². The number of hydrogen-bond acceptors (Lipinski definition) is 2. The summed E-state index contributed by atoms with van der Waals surface area (Å²) in [5.74, 6) is 0.667. The Bertz CT molecular complexity index is 473. The number of nitrogens with one attached hydrogen (secondary N) is 1. The maximum atomic E-state index is 13.7. The number of nitrogens with zero attached hydrogens (tertiary/aromatic N) is 1. The summed E-state index contributed by atoms with van der Waals surface area (Å²) in [5, 5.41) is 3.48. The molecule has 0 aromatic heterocycles. The van der Waals surface area contributed by atoms with Crippen LogP contribution in [0.4, 0.5) is 10.1 Å². The summed E-state index contributed by atoms with van der Waals surface area (Å²) >= 11 is 0. The topological polar surface area (TPSA) is 15.3 Å². The number of hydrogen-bond donors (Lipinski definition) is 1. The Morgan fingerprint density at radius 2 is 1.95 bits per heavy atom. The highest BCUT2D eigenvalue weighted by Gasteiger charge is 2.27. The minimum Gasteiger partial charge on any atom is -0.369 e. The van der Waals surface area contributed by atoms with Gasteiger partial charge in [-0.3, -0.25) is 0 Å². The van der Waals surface area contributed by atoms with Gasteiger partial charge < -0.3 is 10.2 Å². The molecule has 0 aliphatic heterocycles. The van der Waals surface area contributed by atoms with Crippen molar-refractivity contribution in [3.63, 3.8) is 0 Å². The molecule has 0 amide bonds. The van der Waals surface area contributed by atoms with Gasteiger partial charge in [0.25, 0.3) is 0 Å². The molecule has 0 radical (unpaired) electrons. The first-order chi connectivity index (χ1) is 9.76. The Morgan fingerprint density at radius 3 is 2.48 bits per heavy atom. The van der Waals surface area contributed by atoms with E-state index < -0.39 is 0 Å². The zero-order chi connectivity index (χ0) is 15.6. The molecule has 1 fully saturated rings. The average molecular weight is 292 g/mol. The predicted molar refractivity (Wildman–Crippen MR) is 88.2 cm³/mol. The van der Waals surface area contributed by atoms with Gasteiger partial charge in [0.2, 0.25) is 0 Å². The van der Waals surface area contributed by atoms with Crippen molar-refractivity contribution in [1.29, 1.82) is 0 Å². The minimum absolute atomic E-state index is 0.0305. The highest BCUT2D eigenvalue weighted by atomic mass is 19.1. The highest BCUT2D eigenvalue weighted by Crippen LogP contribution is 2.33. The Morgan fingerprint density at radius 1 is 1.29 bits per heavy atom. The first-order valence-corrected chi connectivity index (χ1v) is 8.06. The highest BCUT2D eigenvalue weighted by molar-refractivity contribution is 5.54. The Hall–Kier alpha value is -1.09. The SMILES string of the molecule is CC(C)N(CC1CC1)c1ccc(F)cc1CNC(C)(C)C. The molecule has 1 aliphatic carbocycles. The van der Waals surface area contributed by atoms with Gasteiger partial charge >= 0.3 is 0 Å². The molecule has 1 saturated carbocycles. The molecule has 1 aromatic carbocycles. The van der Waals surface area contributed by atoms with Crippen molar-refractivity contribution in [3.05, 3.63) is 29.6 Å². The molecule has 1 aliphatic rings. The van der Waals surface area contributed by atoms with E-state index in [1.54, 1.807) is 12.1 Å². The Labute approximate surface area is 128 Å². The lowest BCUT2D eigenvalue weighted by Gasteiger charge is -2.32. The van der Waals surface area contributed by atoms with Crippen molar-refractivity contribution in [2.45, 2.75) is 65.6 Å². The summed E-state index contributed by atoms with van der Waals surface area (Å²) in [6.45, 7) is 12.6. The summed E-state index contributed by atoms with van der Waals surface area (Å²) in [5.41, 5.74) is 2.26. The van der Waals surface area contributed by atoms with Crippen LogP contribution in [0.1, 0.15) is 53.0 Å². The number of rotatable bonds is 6. The second kappa shape index (κ2) is 6.35. The zero-order valence-electron chi connectivity index (χ0n) is 14.0. The summed E-state index contributed by atoms with van der Waals surface area (Å²) in [7, 11) is 0. The van der Waals surface area contributed by atoms with Gasteiger partial charge in [-0.15, -0.1) is 0 Å². The van der Waals surface area contributed by atoms with Gasteiger partial charge in [0.1, 0.15) is 5.82 Å². The van der Waals surface area contributed by atoms with Crippen LogP contribution in [0.3, 0.4) is 0 Å². The third kappa shape index (κ3) is 4.99. The van der Waals surface area contributed by atoms with E-state index in [1.165, 1.54) is 18.5 Å². The Kier molecular flexibility index (Phi) is 4.92. The molecule has 0 bridgehead atoms. The predicted octanol–water partition coefficient (Wildman–Crippen LogP) is 4.34. The summed E-state index contributed by atoms with van der Waals surface area (Å²) in [6.07, 6.45) is 2.67. The van der Waals surface area contributed by atoms with E-state index in [0.717, 1.165) is 18.0 Å². The molecule has 0 atom stereocenters. The van der Waals surface area contributed by atoms with Gasteiger partial charge in [-0.05, 0) is 77.1 Å². The van der Waals surface area contributed by atoms with Crippen LogP contribution in [0.5, 0.6) is 0 Å². The lowest BCUT2D eigenvalue weighted by Crippen LogP contribution is -2.37. The quantitative estimate of drug-likeness (QED) is 0.839. The van der Waals surface area contributed by atoms with E-state index >= 15 is 0 Å². The summed E-state index contributed by atoms with van der Waals surface area (Å²) < 4.78 is 13.7. The third-order valence-electron chi connectivity index (χ3n) is 3.94. The second-order valence-electron chi connectivity index (χ2n) is 7.57. The van der Waals surface area contributed by atoms with E-state index in [-0.39, 0.29) is 11.4 Å². The molecular weight excluding hydrogens is 263 g/mol. The maximum absolute atomic E-state index is 13.7. The van der Waals surface area contributed by atoms with Gasteiger partial charge in [-0.2, -0.15) is 0 Å². The molecule has 2 rings (SSSR count). The molecular formula is C18H29FN2. The molecule has 0 heterocycles. The van der Waals surface area contributed by atoms with Gasteiger partial charge in [0, 0.05) is 30.4 Å². The summed E-state index contributed by atoms with van der Waals surface area (Å²) in [6, 6.07) is 5.64. The van der Waals surface area contributed by atoms with Crippen LogP contribution >= 0.6 is 0 Å². The van der Waals surface area contributed by atoms with Crippen LogP contribution < -0.4 is 10.2 Å². The lowest BCUT2D eigenvalue weighted by molar-refractivity contribution is 0.423. The van der Waals surface area contributed by atoms with Crippen molar-refractivity contribution in [2.24, 2.45) is 5.92 Å². The molecule has 0 spiro atoms. The van der Waals surface area contributed by atoms with Gasteiger partial charge in [0.05, 0.1) is 0 Å². The molecule has 0 saturated heterocycles. The van der Waals surface area contributed by atoms with Crippen LogP contribution in [0, 0.1) is 11.7 Å². The first-order valence-electron chi connectivity index (χ1n) is 8.06. The number of anilines is 1. The summed E-state index contributed by atoms with van der Waals surface area (Å²) in [4.78, 5) is 2.43. The standard InChI is InChI=1S/C18H29FN2/c1-13(2)21(12-14-6-7-14)17-9-8-16(19)10-15(17)11-20-18(3,4)5/h8-10,13-14,20H,6-7,11-12H2,1-5H3. The molecule has 2 nitrogen and oxygen atoms in total. The smallest absolute Gasteiger partial charge is 0.123 e. The fraction of sp³-hybridized carbons (Fsp3) is 0.667. The van der Waals surface area contributed by atoms with Gasteiger partial charge in [-0.25, -0.2) is 4.39 Å². The van der Waals surface area contributed by atoms with Crippen molar-refractivity contribution >= 4 is 5.69 Å².